The quantitative estimate of drug-likeness (QED) is 0.721. The number of nitrogens with one attached hydrogen (secondary N) is 1. The van der Waals surface area contributed by atoms with Crippen LogP contribution in [0.4, 0.5) is 5.69 Å². The number of rotatable bonds is 5. The number of amides is 1. The summed E-state index contributed by atoms with van der Waals surface area (Å²) < 4.78 is 0. The Morgan fingerprint density at radius 2 is 2.05 bits per heavy atom. The van der Waals surface area contributed by atoms with E-state index in [1.807, 2.05) is 0 Å². The third kappa shape index (κ3) is 4.13. The maximum atomic E-state index is 11.9. The Hall–Kier alpha value is -1.75. The second-order valence-corrected chi connectivity index (χ2v) is 5.04. The van der Waals surface area contributed by atoms with Gasteiger partial charge in [-0.2, -0.15) is 0 Å². The van der Waals surface area contributed by atoms with E-state index in [9.17, 15) is 9.59 Å². The molecule has 104 valence electrons. The molecule has 1 aromatic carbocycles. The molecule has 0 saturated heterocycles. The molecule has 0 radical (unpaired) electrons. The lowest BCUT2D eigenvalue weighted by Crippen LogP contribution is -2.35. The van der Waals surface area contributed by atoms with Crippen LogP contribution in [0.2, 0.25) is 5.02 Å². The van der Waals surface area contributed by atoms with Crippen molar-refractivity contribution in [2.24, 2.45) is 11.8 Å². The highest BCUT2D eigenvalue weighted by Crippen LogP contribution is 2.19. The van der Waals surface area contributed by atoms with Crippen molar-refractivity contribution in [3.63, 3.8) is 0 Å². The maximum absolute atomic E-state index is 11.9. The molecule has 1 atom stereocenters. The predicted molar refractivity (Wildman–Crippen MR) is 74.2 cm³/mol. The van der Waals surface area contributed by atoms with Crippen molar-refractivity contribution in [1.29, 1.82) is 0 Å². The lowest BCUT2D eigenvalue weighted by Gasteiger charge is -2.16. The van der Waals surface area contributed by atoms with E-state index >= 15 is 0 Å². The Bertz CT molecular complexity index is 489. The second kappa shape index (κ2) is 6.43. The molecule has 1 amide bonds. The molecule has 0 spiro atoms. The number of benzene rings is 1. The van der Waals surface area contributed by atoms with E-state index in [1.54, 1.807) is 19.9 Å². The summed E-state index contributed by atoms with van der Waals surface area (Å²) in [7, 11) is 0. The molecular weight excluding hydrogens is 268 g/mol. The maximum Gasteiger partial charge on any atom is 0.308 e. The normalized spacial score (nSPS) is 12.2. The van der Waals surface area contributed by atoms with Crippen molar-refractivity contribution in [3.05, 3.63) is 28.8 Å². The summed E-state index contributed by atoms with van der Waals surface area (Å²) in [5.41, 5.74) is 6.30. The smallest absolute Gasteiger partial charge is 0.308 e. The van der Waals surface area contributed by atoms with E-state index in [0.717, 1.165) is 0 Å². The van der Waals surface area contributed by atoms with Crippen molar-refractivity contribution < 1.29 is 14.7 Å². The fourth-order valence-corrected chi connectivity index (χ4v) is 1.76. The summed E-state index contributed by atoms with van der Waals surface area (Å²) in [6.07, 6.45) is 0. The zero-order valence-corrected chi connectivity index (χ0v) is 11.6. The molecule has 5 nitrogen and oxygen atoms in total. The SMILES string of the molecule is CC(C)C(CNC(=O)c1ccc(N)c(Cl)c1)C(=O)O. The third-order valence-electron chi connectivity index (χ3n) is 2.87. The molecule has 0 aliphatic carbocycles. The van der Waals surface area contributed by atoms with Crippen molar-refractivity contribution in [2.45, 2.75) is 13.8 Å². The van der Waals surface area contributed by atoms with E-state index in [1.165, 1.54) is 12.1 Å². The Morgan fingerprint density at radius 3 is 2.53 bits per heavy atom. The van der Waals surface area contributed by atoms with Crippen LogP contribution in [0.15, 0.2) is 18.2 Å². The van der Waals surface area contributed by atoms with Gasteiger partial charge in [-0.25, -0.2) is 0 Å². The van der Waals surface area contributed by atoms with Crippen LogP contribution in [-0.2, 0) is 4.79 Å². The summed E-state index contributed by atoms with van der Waals surface area (Å²) in [5.74, 6) is -1.97. The molecule has 0 saturated carbocycles. The second-order valence-electron chi connectivity index (χ2n) is 4.64. The minimum absolute atomic E-state index is 0.0622. The van der Waals surface area contributed by atoms with Crippen molar-refractivity contribution in [1.82, 2.24) is 5.32 Å². The van der Waals surface area contributed by atoms with Crippen molar-refractivity contribution >= 4 is 29.2 Å². The zero-order chi connectivity index (χ0) is 14.6. The Balaban J connectivity index is 2.69. The van der Waals surface area contributed by atoms with Gasteiger partial charge >= 0.3 is 5.97 Å². The van der Waals surface area contributed by atoms with Gasteiger partial charge in [-0.1, -0.05) is 25.4 Å². The number of hydrogen-bond acceptors (Lipinski definition) is 3. The fraction of sp³-hybridized carbons (Fsp3) is 0.385. The Kier molecular flexibility index (Phi) is 5.18. The molecular formula is C13H17ClN2O3. The number of nitrogens with two attached hydrogens (primary N) is 1. The van der Waals surface area contributed by atoms with E-state index in [-0.39, 0.29) is 18.4 Å². The van der Waals surface area contributed by atoms with Gasteiger partial charge in [0.2, 0.25) is 0 Å². The van der Waals surface area contributed by atoms with E-state index in [4.69, 9.17) is 22.4 Å². The first kappa shape index (κ1) is 15.3. The number of anilines is 1. The molecule has 0 heterocycles. The van der Waals surface area contributed by atoms with Crippen LogP contribution in [0.1, 0.15) is 24.2 Å². The lowest BCUT2D eigenvalue weighted by molar-refractivity contribution is -0.142. The summed E-state index contributed by atoms with van der Waals surface area (Å²) in [6.45, 7) is 3.67. The van der Waals surface area contributed by atoms with Gasteiger partial charge in [0.25, 0.3) is 5.91 Å². The topological polar surface area (TPSA) is 92.4 Å². The minimum Gasteiger partial charge on any atom is -0.481 e. The van der Waals surface area contributed by atoms with Gasteiger partial charge in [0.15, 0.2) is 0 Å². The van der Waals surface area contributed by atoms with Gasteiger partial charge in [-0.3, -0.25) is 9.59 Å². The first-order valence-corrected chi connectivity index (χ1v) is 6.26. The molecule has 0 aliphatic rings. The van der Waals surface area contributed by atoms with Gasteiger partial charge in [0.05, 0.1) is 16.6 Å². The highest BCUT2D eigenvalue weighted by atomic mass is 35.5. The molecule has 6 heteroatoms. The van der Waals surface area contributed by atoms with Crippen LogP contribution in [-0.4, -0.2) is 23.5 Å². The average molecular weight is 285 g/mol. The lowest BCUT2D eigenvalue weighted by atomic mass is 9.96. The molecule has 0 bridgehead atoms. The summed E-state index contributed by atoms with van der Waals surface area (Å²) in [4.78, 5) is 22.9. The number of carboxylic acids is 1. The number of aliphatic carboxylic acids is 1. The number of carbonyl (C=O) groups excluding carboxylic acids is 1. The van der Waals surface area contributed by atoms with Crippen molar-refractivity contribution in [2.75, 3.05) is 12.3 Å². The van der Waals surface area contributed by atoms with Crippen LogP contribution >= 0.6 is 11.6 Å². The Labute approximate surface area is 116 Å². The summed E-state index contributed by atoms with van der Waals surface area (Å²) >= 11 is 5.82. The largest absolute Gasteiger partial charge is 0.481 e. The summed E-state index contributed by atoms with van der Waals surface area (Å²) in [5, 5.41) is 11.9. The molecule has 0 aromatic heterocycles. The molecule has 0 aliphatic heterocycles. The van der Waals surface area contributed by atoms with Crippen LogP contribution in [0.5, 0.6) is 0 Å². The van der Waals surface area contributed by atoms with Gasteiger partial charge in [0.1, 0.15) is 0 Å². The highest BCUT2D eigenvalue weighted by molar-refractivity contribution is 6.33. The molecule has 1 aromatic rings. The van der Waals surface area contributed by atoms with Crippen LogP contribution in [0.25, 0.3) is 0 Å². The van der Waals surface area contributed by atoms with E-state index in [0.29, 0.717) is 16.3 Å². The number of hydrogen-bond donors (Lipinski definition) is 3. The number of carbonyl (C=O) groups is 2. The predicted octanol–water partition coefficient (Wildman–Crippen LogP) is 2.01. The molecule has 19 heavy (non-hydrogen) atoms. The van der Waals surface area contributed by atoms with Gasteiger partial charge in [-0.15, -0.1) is 0 Å². The van der Waals surface area contributed by atoms with Crippen molar-refractivity contribution in [3.8, 4) is 0 Å². The highest BCUT2D eigenvalue weighted by Gasteiger charge is 2.22. The molecule has 0 fully saturated rings. The first-order valence-electron chi connectivity index (χ1n) is 5.89. The zero-order valence-electron chi connectivity index (χ0n) is 10.8. The third-order valence-corrected chi connectivity index (χ3v) is 3.19. The van der Waals surface area contributed by atoms with E-state index in [2.05, 4.69) is 5.32 Å². The number of carboxylic acid groups (broad SMARTS) is 1. The van der Waals surface area contributed by atoms with Crippen LogP contribution < -0.4 is 11.1 Å². The van der Waals surface area contributed by atoms with Crippen LogP contribution in [0.3, 0.4) is 0 Å². The Morgan fingerprint density at radius 1 is 1.42 bits per heavy atom. The van der Waals surface area contributed by atoms with E-state index < -0.39 is 11.9 Å². The minimum atomic E-state index is -0.925. The average Bonchev–Trinajstić information content (AvgIpc) is 2.31. The molecule has 1 unspecified atom stereocenters. The monoisotopic (exact) mass is 284 g/mol. The molecule has 4 N–H and O–H groups in total. The molecule has 1 rings (SSSR count). The van der Waals surface area contributed by atoms with Gasteiger partial charge in [0, 0.05) is 12.1 Å². The first-order chi connectivity index (χ1) is 8.82. The van der Waals surface area contributed by atoms with Gasteiger partial charge < -0.3 is 16.2 Å². The number of halogens is 1. The van der Waals surface area contributed by atoms with Gasteiger partial charge in [-0.05, 0) is 24.1 Å². The summed E-state index contributed by atoms with van der Waals surface area (Å²) in [6, 6.07) is 4.54. The fourth-order valence-electron chi connectivity index (χ4n) is 1.58. The standard InChI is InChI=1S/C13H17ClN2O3/c1-7(2)9(13(18)19)6-16-12(17)8-3-4-11(15)10(14)5-8/h3-5,7,9H,6,15H2,1-2H3,(H,16,17)(H,18,19). The van der Waals surface area contributed by atoms with Crippen LogP contribution in [0, 0.1) is 11.8 Å². The number of nitrogen functional groups attached to an aromatic ring is 1.